The third-order valence-electron chi connectivity index (χ3n) is 4.53. The van der Waals surface area contributed by atoms with E-state index in [1.807, 2.05) is 0 Å². The van der Waals surface area contributed by atoms with Crippen LogP contribution in [-0.2, 0) is 9.59 Å². The highest BCUT2D eigenvalue weighted by atomic mass is 16.5. The number of anilines is 2. The second-order valence-electron chi connectivity index (χ2n) is 6.16. The van der Waals surface area contributed by atoms with Gasteiger partial charge in [0.05, 0.1) is 32.9 Å². The van der Waals surface area contributed by atoms with Gasteiger partial charge in [-0.1, -0.05) is 0 Å². The molecule has 27 heavy (non-hydrogen) atoms. The van der Waals surface area contributed by atoms with Crippen LogP contribution in [0.3, 0.4) is 0 Å². The molecule has 1 fully saturated rings. The first-order valence-electron chi connectivity index (χ1n) is 8.53. The Morgan fingerprint density at radius 1 is 1.00 bits per heavy atom. The average molecular weight is 370 g/mol. The highest BCUT2D eigenvalue weighted by molar-refractivity contribution is 6.04. The third-order valence-corrected chi connectivity index (χ3v) is 4.53. The molecule has 2 amide bonds. The lowest BCUT2D eigenvalue weighted by Gasteiger charge is -2.20. The summed E-state index contributed by atoms with van der Waals surface area (Å²) in [5.74, 6) is 1.11. The van der Waals surface area contributed by atoms with Crippen LogP contribution in [0, 0.1) is 5.92 Å². The minimum atomic E-state index is -0.449. The van der Waals surface area contributed by atoms with Gasteiger partial charge < -0.3 is 24.4 Å². The highest BCUT2D eigenvalue weighted by Gasteiger charge is 2.36. The zero-order valence-corrected chi connectivity index (χ0v) is 15.5. The number of hydrogen-bond acceptors (Lipinski definition) is 5. The molecule has 0 spiro atoms. The van der Waals surface area contributed by atoms with Crippen molar-refractivity contribution >= 4 is 23.2 Å². The van der Waals surface area contributed by atoms with Gasteiger partial charge in [-0.15, -0.1) is 0 Å². The topological polar surface area (TPSA) is 77.1 Å². The summed E-state index contributed by atoms with van der Waals surface area (Å²) >= 11 is 0. The summed E-state index contributed by atoms with van der Waals surface area (Å²) in [5.41, 5.74) is 1.26. The van der Waals surface area contributed by atoms with Gasteiger partial charge in [-0.3, -0.25) is 9.59 Å². The SMILES string of the molecule is COc1ccc(NC(=O)[C@@H]2CC(=O)N(c3cc(OC)ccc3OC)C2)cc1. The van der Waals surface area contributed by atoms with Crippen molar-refractivity contribution in [3.63, 3.8) is 0 Å². The molecule has 3 rings (SSSR count). The molecule has 1 saturated heterocycles. The zero-order valence-electron chi connectivity index (χ0n) is 15.5. The van der Waals surface area contributed by atoms with Crippen molar-refractivity contribution in [2.24, 2.45) is 5.92 Å². The maximum atomic E-state index is 12.6. The van der Waals surface area contributed by atoms with E-state index in [1.54, 1.807) is 68.7 Å². The van der Waals surface area contributed by atoms with Crippen LogP contribution in [0.2, 0.25) is 0 Å². The fourth-order valence-electron chi connectivity index (χ4n) is 3.04. The Hall–Kier alpha value is -3.22. The third kappa shape index (κ3) is 3.97. The molecule has 0 bridgehead atoms. The van der Waals surface area contributed by atoms with Crippen molar-refractivity contribution in [3.8, 4) is 17.2 Å². The molecule has 1 atom stereocenters. The number of carbonyl (C=O) groups is 2. The van der Waals surface area contributed by atoms with Crippen molar-refractivity contribution in [2.75, 3.05) is 38.1 Å². The Kier molecular flexibility index (Phi) is 5.49. The number of hydrogen-bond donors (Lipinski definition) is 1. The Morgan fingerprint density at radius 3 is 2.30 bits per heavy atom. The van der Waals surface area contributed by atoms with E-state index in [9.17, 15) is 9.59 Å². The standard InChI is InChI=1S/C20H22N2O5/c1-25-15-6-4-14(5-7-15)21-20(24)13-10-19(23)22(12-13)17-11-16(26-2)8-9-18(17)27-3/h4-9,11,13H,10,12H2,1-3H3,(H,21,24)/t13-/m1/s1. The maximum absolute atomic E-state index is 12.6. The molecule has 142 valence electrons. The first-order chi connectivity index (χ1) is 13.0. The fraction of sp³-hybridized carbons (Fsp3) is 0.300. The minimum Gasteiger partial charge on any atom is -0.497 e. The second kappa shape index (κ2) is 7.99. The molecule has 2 aromatic rings. The zero-order chi connectivity index (χ0) is 19.4. The minimum absolute atomic E-state index is 0.128. The van der Waals surface area contributed by atoms with Gasteiger partial charge >= 0.3 is 0 Å². The Labute approximate surface area is 157 Å². The van der Waals surface area contributed by atoms with Gasteiger partial charge in [0.1, 0.15) is 17.2 Å². The van der Waals surface area contributed by atoms with E-state index in [1.165, 1.54) is 0 Å². The monoisotopic (exact) mass is 370 g/mol. The van der Waals surface area contributed by atoms with E-state index in [2.05, 4.69) is 5.32 Å². The van der Waals surface area contributed by atoms with Gasteiger partial charge in [-0.05, 0) is 36.4 Å². The Balaban J connectivity index is 1.74. The van der Waals surface area contributed by atoms with E-state index >= 15 is 0 Å². The molecule has 7 nitrogen and oxygen atoms in total. The summed E-state index contributed by atoms with van der Waals surface area (Å²) < 4.78 is 15.7. The van der Waals surface area contributed by atoms with E-state index < -0.39 is 5.92 Å². The van der Waals surface area contributed by atoms with Gasteiger partial charge in [-0.2, -0.15) is 0 Å². The number of methoxy groups -OCH3 is 3. The average Bonchev–Trinajstić information content (AvgIpc) is 3.09. The predicted molar refractivity (Wildman–Crippen MR) is 102 cm³/mol. The number of benzene rings is 2. The van der Waals surface area contributed by atoms with Crippen molar-refractivity contribution in [1.29, 1.82) is 0 Å². The van der Waals surface area contributed by atoms with E-state index in [-0.39, 0.29) is 24.8 Å². The molecule has 0 unspecified atom stereocenters. The van der Waals surface area contributed by atoms with Crippen LogP contribution in [0.25, 0.3) is 0 Å². The second-order valence-corrected chi connectivity index (χ2v) is 6.16. The number of carbonyl (C=O) groups excluding carboxylic acids is 2. The van der Waals surface area contributed by atoms with Crippen LogP contribution < -0.4 is 24.4 Å². The molecule has 2 aromatic carbocycles. The largest absolute Gasteiger partial charge is 0.497 e. The number of ether oxygens (including phenoxy) is 3. The van der Waals surface area contributed by atoms with Crippen LogP contribution in [0.15, 0.2) is 42.5 Å². The highest BCUT2D eigenvalue weighted by Crippen LogP contribution is 2.36. The molecule has 7 heteroatoms. The molecule has 1 aliphatic heterocycles. The summed E-state index contributed by atoms with van der Waals surface area (Å²) in [6.45, 7) is 0.282. The predicted octanol–water partition coefficient (Wildman–Crippen LogP) is 2.70. The molecule has 1 aliphatic rings. The first kappa shape index (κ1) is 18.6. The fourth-order valence-corrected chi connectivity index (χ4v) is 3.04. The molecule has 0 aromatic heterocycles. The van der Waals surface area contributed by atoms with Crippen molar-refractivity contribution < 1.29 is 23.8 Å². The summed E-state index contributed by atoms with van der Waals surface area (Å²) in [7, 11) is 4.68. The van der Waals surface area contributed by atoms with E-state index in [0.29, 0.717) is 28.6 Å². The number of amides is 2. The van der Waals surface area contributed by atoms with Gasteiger partial charge in [0.25, 0.3) is 0 Å². The molecule has 0 saturated carbocycles. The maximum Gasteiger partial charge on any atom is 0.229 e. The van der Waals surface area contributed by atoms with Crippen molar-refractivity contribution in [3.05, 3.63) is 42.5 Å². The first-order valence-corrected chi connectivity index (χ1v) is 8.53. The molecular formula is C20H22N2O5. The van der Waals surface area contributed by atoms with Gasteiger partial charge in [0.15, 0.2) is 0 Å². The van der Waals surface area contributed by atoms with Crippen LogP contribution in [-0.4, -0.2) is 39.7 Å². The van der Waals surface area contributed by atoms with E-state index in [0.717, 1.165) is 0 Å². The lowest BCUT2D eigenvalue weighted by Crippen LogP contribution is -2.28. The molecule has 1 heterocycles. The number of nitrogens with zero attached hydrogens (tertiary/aromatic N) is 1. The van der Waals surface area contributed by atoms with Gasteiger partial charge in [-0.25, -0.2) is 0 Å². The smallest absolute Gasteiger partial charge is 0.229 e. The van der Waals surface area contributed by atoms with Gasteiger partial charge in [0.2, 0.25) is 11.8 Å². The number of rotatable bonds is 6. The lowest BCUT2D eigenvalue weighted by molar-refractivity contribution is -0.122. The number of nitrogens with one attached hydrogen (secondary N) is 1. The summed E-state index contributed by atoms with van der Waals surface area (Å²) in [6, 6.07) is 12.3. The van der Waals surface area contributed by atoms with Crippen LogP contribution in [0.4, 0.5) is 11.4 Å². The summed E-state index contributed by atoms with van der Waals surface area (Å²) in [6.07, 6.45) is 0.141. The Morgan fingerprint density at radius 2 is 1.67 bits per heavy atom. The van der Waals surface area contributed by atoms with Gasteiger partial charge in [0, 0.05) is 24.7 Å². The molecule has 0 radical (unpaired) electrons. The van der Waals surface area contributed by atoms with Crippen molar-refractivity contribution in [1.82, 2.24) is 0 Å². The van der Waals surface area contributed by atoms with Crippen LogP contribution in [0.5, 0.6) is 17.2 Å². The summed E-state index contributed by atoms with van der Waals surface area (Å²) in [5, 5.41) is 2.85. The van der Waals surface area contributed by atoms with Crippen molar-refractivity contribution in [2.45, 2.75) is 6.42 Å². The molecular weight excluding hydrogens is 348 g/mol. The Bertz CT molecular complexity index is 835. The molecule has 0 aliphatic carbocycles. The normalized spacial score (nSPS) is 16.2. The van der Waals surface area contributed by atoms with E-state index in [4.69, 9.17) is 14.2 Å². The van der Waals surface area contributed by atoms with Crippen LogP contribution >= 0.6 is 0 Å². The lowest BCUT2D eigenvalue weighted by atomic mass is 10.1. The van der Waals surface area contributed by atoms with Crippen LogP contribution in [0.1, 0.15) is 6.42 Å². The quantitative estimate of drug-likeness (QED) is 0.846. The molecule has 1 N–H and O–H groups in total. The summed E-state index contributed by atoms with van der Waals surface area (Å²) in [4.78, 5) is 26.7.